The number of hydrogen-bond acceptors (Lipinski definition) is 6. The van der Waals surface area contributed by atoms with Gasteiger partial charge in [-0.25, -0.2) is 8.98 Å². The lowest BCUT2D eigenvalue weighted by atomic mass is 10.1. The van der Waals surface area contributed by atoms with E-state index in [-0.39, 0.29) is 48.4 Å². The van der Waals surface area contributed by atoms with E-state index in [0.717, 1.165) is 4.90 Å². The molecule has 1 aliphatic heterocycles. The van der Waals surface area contributed by atoms with Crippen molar-refractivity contribution >= 4 is 24.5 Å². The molecule has 0 fully saturated rings. The van der Waals surface area contributed by atoms with Gasteiger partial charge in [0.2, 0.25) is 8.32 Å². The van der Waals surface area contributed by atoms with Crippen LogP contribution in [0.25, 0.3) is 0 Å². The average molecular weight is 552 g/mol. The Balaban J connectivity index is 2.36. The summed E-state index contributed by atoms with van der Waals surface area (Å²) in [7, 11) is -8.35. The van der Waals surface area contributed by atoms with Crippen LogP contribution in [-0.2, 0) is 30.1 Å². The van der Waals surface area contributed by atoms with Crippen LogP contribution in [0, 0.1) is 0 Å². The summed E-state index contributed by atoms with van der Waals surface area (Å²) in [4.78, 5) is 14.0. The van der Waals surface area contributed by atoms with Gasteiger partial charge in [0.1, 0.15) is 6.61 Å². The van der Waals surface area contributed by atoms with Crippen LogP contribution in [-0.4, -0.2) is 46.1 Å². The fourth-order valence-corrected chi connectivity index (χ4v) is 10.9. The minimum absolute atomic E-state index is 0.0763. The fraction of sp³-hybridized carbons (Fsp3) is 0.625. The third-order valence-electron chi connectivity index (χ3n) is 6.49. The van der Waals surface area contributed by atoms with Crippen LogP contribution in [0.5, 0.6) is 0 Å². The molecule has 1 aromatic rings. The molecular weight excluding hydrogens is 515 g/mol. The molecule has 2 rings (SSSR count). The molecule has 7 nitrogen and oxygen atoms in total. The standard InChI is InChI=1S/C24H36F3NO6SSi/c1-17(2)36(18(3)4,19(5)6)33-16-21-13-10-14-22(34-35(30,31)24(25,26)27)28(21)23(29)32-15-20-11-8-7-9-12-20/h7-9,11-13,17-19,22H,10,14-16H2,1-6H3. The maximum absolute atomic E-state index is 13.1. The zero-order valence-electron chi connectivity index (χ0n) is 21.5. The highest BCUT2D eigenvalue weighted by molar-refractivity contribution is 7.87. The van der Waals surface area contributed by atoms with Gasteiger partial charge in [-0.3, -0.25) is 4.90 Å². The van der Waals surface area contributed by atoms with Gasteiger partial charge in [0.15, 0.2) is 6.23 Å². The first-order valence-electron chi connectivity index (χ1n) is 12.0. The summed E-state index contributed by atoms with van der Waals surface area (Å²) < 4.78 is 79.2. The summed E-state index contributed by atoms with van der Waals surface area (Å²) in [5, 5.41) is 0. The van der Waals surface area contributed by atoms with Crippen molar-refractivity contribution in [2.45, 2.75) is 89.4 Å². The summed E-state index contributed by atoms with van der Waals surface area (Å²) in [6.45, 7) is 12.2. The van der Waals surface area contributed by atoms with Gasteiger partial charge in [-0.05, 0) is 35.0 Å². The largest absolute Gasteiger partial charge is 0.523 e. The van der Waals surface area contributed by atoms with Crippen LogP contribution in [0.3, 0.4) is 0 Å². The number of hydrogen-bond donors (Lipinski definition) is 0. The molecule has 0 saturated heterocycles. The Bertz CT molecular complexity index is 991. The summed E-state index contributed by atoms with van der Waals surface area (Å²) in [6, 6.07) is 8.73. The van der Waals surface area contributed by atoms with E-state index in [1.165, 1.54) is 0 Å². The number of carbonyl (C=O) groups excluding carboxylic acids is 1. The van der Waals surface area contributed by atoms with Crippen molar-refractivity contribution in [3.05, 3.63) is 47.7 Å². The SMILES string of the molecule is CC(C)[Si](OCC1=CCCC(OS(=O)(=O)C(F)(F)F)N1C(=O)OCc1ccccc1)(C(C)C)C(C)C. The molecule has 0 radical (unpaired) electrons. The van der Waals surface area contributed by atoms with Crippen LogP contribution in [0.4, 0.5) is 18.0 Å². The van der Waals surface area contributed by atoms with Crippen LogP contribution in [0.1, 0.15) is 59.9 Å². The molecule has 0 aromatic heterocycles. The molecule has 12 heteroatoms. The molecule has 1 atom stereocenters. The maximum atomic E-state index is 13.1. The van der Waals surface area contributed by atoms with E-state index in [4.69, 9.17) is 9.16 Å². The highest BCUT2D eigenvalue weighted by Gasteiger charge is 2.51. The molecular formula is C24H36F3NO6SSi. The molecule has 0 N–H and O–H groups in total. The Morgan fingerprint density at radius 1 is 1.03 bits per heavy atom. The Hall–Kier alpha value is -1.89. The van der Waals surface area contributed by atoms with E-state index in [1.54, 1.807) is 36.4 Å². The van der Waals surface area contributed by atoms with Gasteiger partial charge in [0, 0.05) is 5.70 Å². The van der Waals surface area contributed by atoms with Gasteiger partial charge in [0.25, 0.3) is 0 Å². The Kier molecular flexibility index (Phi) is 10.2. The van der Waals surface area contributed by atoms with Gasteiger partial charge in [0.05, 0.1) is 6.61 Å². The van der Waals surface area contributed by atoms with Crippen molar-refractivity contribution in [3.63, 3.8) is 0 Å². The van der Waals surface area contributed by atoms with Gasteiger partial charge in [-0.2, -0.15) is 21.6 Å². The van der Waals surface area contributed by atoms with Crippen molar-refractivity contribution < 1.29 is 39.7 Å². The molecule has 1 heterocycles. The molecule has 0 saturated carbocycles. The Morgan fingerprint density at radius 3 is 2.08 bits per heavy atom. The van der Waals surface area contributed by atoms with E-state index in [9.17, 15) is 26.4 Å². The number of halogens is 3. The lowest BCUT2D eigenvalue weighted by molar-refractivity contribution is -0.0663. The second kappa shape index (κ2) is 12.1. The van der Waals surface area contributed by atoms with E-state index in [2.05, 4.69) is 45.7 Å². The highest BCUT2D eigenvalue weighted by Crippen LogP contribution is 2.43. The molecule has 0 bridgehead atoms. The number of ether oxygens (including phenoxy) is 1. The van der Waals surface area contributed by atoms with Crippen LogP contribution in [0.15, 0.2) is 42.1 Å². The lowest BCUT2D eigenvalue weighted by Crippen LogP contribution is -2.51. The average Bonchev–Trinajstić information content (AvgIpc) is 2.77. The number of rotatable bonds is 10. The van der Waals surface area contributed by atoms with Crippen molar-refractivity contribution in [2.24, 2.45) is 0 Å². The number of benzene rings is 1. The van der Waals surface area contributed by atoms with E-state index in [0.29, 0.717) is 5.56 Å². The van der Waals surface area contributed by atoms with Gasteiger partial charge < -0.3 is 9.16 Å². The van der Waals surface area contributed by atoms with E-state index >= 15 is 0 Å². The first-order chi connectivity index (χ1) is 16.6. The molecule has 0 aliphatic carbocycles. The zero-order chi connectivity index (χ0) is 27.3. The van der Waals surface area contributed by atoms with Gasteiger partial charge in [-0.15, -0.1) is 0 Å². The number of nitrogens with zero attached hydrogens (tertiary/aromatic N) is 1. The minimum atomic E-state index is -5.95. The smallest absolute Gasteiger partial charge is 0.444 e. The third kappa shape index (κ3) is 6.90. The van der Waals surface area contributed by atoms with Crippen molar-refractivity contribution in [2.75, 3.05) is 6.61 Å². The predicted molar refractivity (Wildman–Crippen MR) is 133 cm³/mol. The fourth-order valence-electron chi connectivity index (χ4n) is 4.95. The highest BCUT2D eigenvalue weighted by atomic mass is 32.2. The number of amides is 1. The van der Waals surface area contributed by atoms with E-state index in [1.807, 2.05) is 0 Å². The molecule has 36 heavy (non-hydrogen) atoms. The van der Waals surface area contributed by atoms with Gasteiger partial charge >= 0.3 is 21.7 Å². The van der Waals surface area contributed by atoms with Gasteiger partial charge in [-0.1, -0.05) is 78.0 Å². The predicted octanol–water partition coefficient (Wildman–Crippen LogP) is 6.69. The van der Waals surface area contributed by atoms with Crippen molar-refractivity contribution in [1.82, 2.24) is 4.90 Å². The maximum Gasteiger partial charge on any atom is 0.523 e. The zero-order valence-corrected chi connectivity index (χ0v) is 23.4. The summed E-state index contributed by atoms with van der Waals surface area (Å²) in [6.07, 6.45) is -1.01. The first-order valence-corrected chi connectivity index (χ1v) is 15.5. The monoisotopic (exact) mass is 551 g/mol. The molecule has 1 amide bonds. The number of allylic oxidation sites excluding steroid dienone is 1. The molecule has 1 aliphatic rings. The Labute approximate surface area is 212 Å². The first kappa shape index (κ1) is 30.3. The van der Waals surface area contributed by atoms with Crippen LogP contribution >= 0.6 is 0 Å². The van der Waals surface area contributed by atoms with Crippen LogP contribution in [0.2, 0.25) is 16.6 Å². The Morgan fingerprint density at radius 2 is 1.58 bits per heavy atom. The normalized spacial score (nSPS) is 17.6. The third-order valence-corrected chi connectivity index (χ3v) is 13.6. The van der Waals surface area contributed by atoms with Crippen LogP contribution < -0.4 is 0 Å². The second-order valence-corrected chi connectivity index (χ2v) is 16.8. The minimum Gasteiger partial charge on any atom is -0.444 e. The van der Waals surface area contributed by atoms with Crippen molar-refractivity contribution in [1.29, 1.82) is 0 Å². The topological polar surface area (TPSA) is 82.1 Å². The number of alkyl halides is 3. The molecule has 204 valence electrons. The molecule has 0 spiro atoms. The summed E-state index contributed by atoms with van der Waals surface area (Å²) >= 11 is 0. The van der Waals surface area contributed by atoms with E-state index < -0.39 is 36.3 Å². The summed E-state index contributed by atoms with van der Waals surface area (Å²) in [5.74, 6) is 0. The molecule has 1 aromatic carbocycles. The number of carbonyl (C=O) groups is 1. The quantitative estimate of drug-likeness (QED) is 0.183. The lowest BCUT2D eigenvalue weighted by Gasteiger charge is -2.43. The second-order valence-electron chi connectivity index (χ2n) is 9.74. The summed E-state index contributed by atoms with van der Waals surface area (Å²) in [5.41, 5.74) is -4.08. The molecule has 1 unspecified atom stereocenters. The van der Waals surface area contributed by atoms with Crippen molar-refractivity contribution in [3.8, 4) is 0 Å².